The lowest BCUT2D eigenvalue weighted by molar-refractivity contribution is -0.138. The van der Waals surface area contributed by atoms with Gasteiger partial charge in [-0.05, 0) is 0 Å². The molecular formula is C6H14Cl2N2O4S2. The largest absolute Gasteiger partial charge is 0.480 e. The van der Waals surface area contributed by atoms with Crippen LogP contribution in [0.25, 0.3) is 0 Å². The Morgan fingerprint density at radius 1 is 0.938 bits per heavy atom. The number of carboxylic acid groups (broad SMARTS) is 2. The number of halogens is 2. The van der Waals surface area contributed by atoms with E-state index in [0.717, 1.165) is 0 Å². The molecule has 98 valence electrons. The average molecular weight is 313 g/mol. The van der Waals surface area contributed by atoms with Crippen LogP contribution in [0.5, 0.6) is 0 Å². The van der Waals surface area contributed by atoms with Gasteiger partial charge < -0.3 is 21.7 Å². The van der Waals surface area contributed by atoms with Crippen LogP contribution in [0.15, 0.2) is 0 Å². The second kappa shape index (κ2) is 11.6. The van der Waals surface area contributed by atoms with Gasteiger partial charge in [0.2, 0.25) is 0 Å². The van der Waals surface area contributed by atoms with E-state index >= 15 is 0 Å². The summed E-state index contributed by atoms with van der Waals surface area (Å²) in [6.45, 7) is 0. The molecule has 2 atom stereocenters. The van der Waals surface area contributed by atoms with Crippen LogP contribution in [-0.2, 0) is 9.59 Å². The number of aliphatic carboxylic acids is 2. The van der Waals surface area contributed by atoms with Gasteiger partial charge in [-0.3, -0.25) is 9.59 Å². The maximum atomic E-state index is 10.3. The molecule has 0 aliphatic carbocycles. The van der Waals surface area contributed by atoms with Crippen molar-refractivity contribution in [3.63, 3.8) is 0 Å². The SMILES string of the molecule is Cl.Cl.NC(CSSC[C@H](N)C(=O)O)C(=O)O. The summed E-state index contributed by atoms with van der Waals surface area (Å²) in [4.78, 5) is 20.5. The van der Waals surface area contributed by atoms with Crippen LogP contribution in [-0.4, -0.2) is 45.7 Å². The molecule has 0 rings (SSSR count). The Morgan fingerprint density at radius 3 is 1.38 bits per heavy atom. The minimum Gasteiger partial charge on any atom is -0.480 e. The highest BCUT2D eigenvalue weighted by Crippen LogP contribution is 2.22. The molecule has 0 heterocycles. The van der Waals surface area contributed by atoms with Crippen LogP contribution in [0.4, 0.5) is 0 Å². The van der Waals surface area contributed by atoms with Crippen LogP contribution < -0.4 is 11.5 Å². The molecule has 0 aromatic carbocycles. The molecule has 0 aliphatic rings. The first-order valence-corrected chi connectivity index (χ1v) is 6.15. The third-order valence-corrected chi connectivity index (χ3v) is 3.69. The highest BCUT2D eigenvalue weighted by molar-refractivity contribution is 8.76. The Hall–Kier alpha value is 0.140. The normalized spacial score (nSPS) is 12.9. The number of hydrogen-bond acceptors (Lipinski definition) is 6. The Morgan fingerprint density at radius 2 is 1.19 bits per heavy atom. The first-order valence-electron chi connectivity index (χ1n) is 3.66. The summed E-state index contributed by atoms with van der Waals surface area (Å²) in [6.07, 6.45) is 0. The summed E-state index contributed by atoms with van der Waals surface area (Å²) in [5.74, 6) is -1.68. The maximum Gasteiger partial charge on any atom is 0.321 e. The van der Waals surface area contributed by atoms with Crippen molar-refractivity contribution < 1.29 is 19.8 Å². The lowest BCUT2D eigenvalue weighted by Gasteiger charge is -2.07. The lowest BCUT2D eigenvalue weighted by Crippen LogP contribution is -2.33. The third kappa shape index (κ3) is 10.7. The fourth-order valence-corrected chi connectivity index (χ4v) is 2.61. The van der Waals surface area contributed by atoms with Gasteiger partial charge >= 0.3 is 11.9 Å². The summed E-state index contributed by atoms with van der Waals surface area (Å²) in [5, 5.41) is 16.8. The molecule has 0 aliphatic heterocycles. The molecule has 0 aromatic rings. The maximum absolute atomic E-state index is 10.3. The van der Waals surface area contributed by atoms with Crippen molar-refractivity contribution in [3.05, 3.63) is 0 Å². The Kier molecular flexibility index (Phi) is 15.6. The standard InChI is InChI=1S/C6H12N2O4S2.2ClH/c7-3(5(9)10)1-13-14-2-4(8)6(11)12;;/h3-4H,1-2,7-8H2,(H,9,10)(H,11,12);2*1H/t3-,4?;;/m0../s1. The minimum atomic E-state index is -1.07. The Bertz CT molecular complexity index is 201. The average Bonchev–Trinajstić information content (AvgIpc) is 2.11. The van der Waals surface area contributed by atoms with Crippen molar-refractivity contribution in [2.45, 2.75) is 12.1 Å². The van der Waals surface area contributed by atoms with Crippen molar-refractivity contribution in [1.29, 1.82) is 0 Å². The van der Waals surface area contributed by atoms with E-state index in [1.807, 2.05) is 0 Å². The highest BCUT2D eigenvalue weighted by atomic mass is 35.5. The van der Waals surface area contributed by atoms with E-state index in [4.69, 9.17) is 21.7 Å². The number of rotatable bonds is 7. The second-order valence-corrected chi connectivity index (χ2v) is 5.01. The van der Waals surface area contributed by atoms with Crippen LogP contribution in [0.1, 0.15) is 0 Å². The fraction of sp³-hybridized carbons (Fsp3) is 0.667. The molecule has 0 spiro atoms. The number of carboxylic acids is 2. The molecule has 6 nitrogen and oxygen atoms in total. The molecule has 10 heteroatoms. The van der Waals surface area contributed by atoms with Gasteiger partial charge in [0.15, 0.2) is 0 Å². The van der Waals surface area contributed by atoms with E-state index in [1.54, 1.807) is 0 Å². The lowest BCUT2D eigenvalue weighted by atomic mass is 10.4. The summed E-state index contributed by atoms with van der Waals surface area (Å²) in [5.41, 5.74) is 10.4. The summed E-state index contributed by atoms with van der Waals surface area (Å²) in [7, 11) is 2.41. The van der Waals surface area contributed by atoms with Crippen molar-refractivity contribution >= 4 is 58.3 Å². The zero-order valence-corrected chi connectivity index (χ0v) is 11.3. The van der Waals surface area contributed by atoms with Gasteiger partial charge in [0.25, 0.3) is 0 Å². The van der Waals surface area contributed by atoms with Gasteiger partial charge in [-0.1, -0.05) is 21.6 Å². The van der Waals surface area contributed by atoms with E-state index in [9.17, 15) is 9.59 Å². The third-order valence-electron chi connectivity index (χ3n) is 1.21. The zero-order valence-electron chi connectivity index (χ0n) is 8.07. The molecule has 0 bridgehead atoms. The van der Waals surface area contributed by atoms with E-state index in [2.05, 4.69) is 0 Å². The van der Waals surface area contributed by atoms with E-state index < -0.39 is 24.0 Å². The van der Waals surface area contributed by atoms with Crippen molar-refractivity contribution in [1.82, 2.24) is 0 Å². The molecule has 6 N–H and O–H groups in total. The molecule has 0 radical (unpaired) electrons. The summed E-state index contributed by atoms with van der Waals surface area (Å²) < 4.78 is 0. The molecule has 0 aromatic heterocycles. The van der Waals surface area contributed by atoms with Gasteiger partial charge in [0, 0.05) is 11.5 Å². The molecule has 16 heavy (non-hydrogen) atoms. The van der Waals surface area contributed by atoms with Crippen LogP contribution >= 0.6 is 46.4 Å². The predicted octanol–water partition coefficient (Wildman–Crippen LogP) is 0.0352. The highest BCUT2D eigenvalue weighted by Gasteiger charge is 2.14. The fourth-order valence-electron chi connectivity index (χ4n) is 0.385. The Labute approximate surface area is 113 Å². The molecule has 0 amide bonds. The van der Waals surface area contributed by atoms with Crippen LogP contribution in [0.3, 0.4) is 0 Å². The molecule has 0 fully saturated rings. The predicted molar refractivity (Wildman–Crippen MR) is 70.6 cm³/mol. The first kappa shape index (κ1) is 21.4. The van der Waals surface area contributed by atoms with Crippen LogP contribution in [0, 0.1) is 0 Å². The Balaban J connectivity index is -0.000000845. The quantitative estimate of drug-likeness (QED) is 0.383. The van der Waals surface area contributed by atoms with Gasteiger partial charge in [-0.2, -0.15) is 0 Å². The van der Waals surface area contributed by atoms with Crippen molar-refractivity contribution in [2.24, 2.45) is 11.5 Å². The molecular weight excluding hydrogens is 299 g/mol. The van der Waals surface area contributed by atoms with Crippen molar-refractivity contribution in [2.75, 3.05) is 11.5 Å². The second-order valence-electron chi connectivity index (χ2n) is 2.46. The van der Waals surface area contributed by atoms with Crippen molar-refractivity contribution in [3.8, 4) is 0 Å². The number of hydrogen-bond donors (Lipinski definition) is 4. The molecule has 0 saturated carbocycles. The van der Waals surface area contributed by atoms with Gasteiger partial charge in [0.1, 0.15) is 12.1 Å². The van der Waals surface area contributed by atoms with Gasteiger partial charge in [-0.25, -0.2) is 0 Å². The number of carbonyl (C=O) groups is 2. The number of nitrogens with two attached hydrogens (primary N) is 2. The van der Waals surface area contributed by atoms with E-state index in [0.29, 0.717) is 0 Å². The zero-order chi connectivity index (χ0) is 11.1. The van der Waals surface area contributed by atoms with Gasteiger partial charge in [-0.15, -0.1) is 24.8 Å². The molecule has 1 unspecified atom stereocenters. The van der Waals surface area contributed by atoms with E-state index in [-0.39, 0.29) is 36.3 Å². The first-order chi connectivity index (χ1) is 6.45. The van der Waals surface area contributed by atoms with Gasteiger partial charge in [0.05, 0.1) is 0 Å². The minimum absolute atomic E-state index is 0. The van der Waals surface area contributed by atoms with Crippen LogP contribution in [0.2, 0.25) is 0 Å². The molecule has 0 saturated heterocycles. The van der Waals surface area contributed by atoms with E-state index in [1.165, 1.54) is 21.6 Å². The summed E-state index contributed by atoms with van der Waals surface area (Å²) in [6, 6.07) is -1.85. The topological polar surface area (TPSA) is 127 Å². The monoisotopic (exact) mass is 312 g/mol. The smallest absolute Gasteiger partial charge is 0.321 e. The summed E-state index contributed by atoms with van der Waals surface area (Å²) >= 11 is 0.